The number of nitro groups is 1. The van der Waals surface area contributed by atoms with Crippen LogP contribution < -0.4 is 5.32 Å². The van der Waals surface area contributed by atoms with Gasteiger partial charge in [0.05, 0.1) is 11.1 Å². The average Bonchev–Trinajstić information content (AvgIpc) is 2.92. The second-order valence-corrected chi connectivity index (χ2v) is 6.47. The highest BCUT2D eigenvalue weighted by Gasteiger charge is 2.28. The Morgan fingerprint density at radius 1 is 1.42 bits per heavy atom. The van der Waals surface area contributed by atoms with Gasteiger partial charge in [0.2, 0.25) is 0 Å². The number of amides is 1. The molecule has 1 aliphatic rings. The van der Waals surface area contributed by atoms with Crippen LogP contribution in [0, 0.1) is 22.0 Å². The van der Waals surface area contributed by atoms with E-state index in [9.17, 15) is 19.7 Å². The maximum Gasteiger partial charge on any atom is 0.355 e. The topological polar surface area (TPSA) is 103 Å². The summed E-state index contributed by atoms with van der Waals surface area (Å²) in [5.74, 6) is -0.173. The number of hydrogen-bond acceptors (Lipinski definition) is 5. The molecule has 1 aromatic heterocycles. The first-order valence-corrected chi connectivity index (χ1v) is 8.06. The van der Waals surface area contributed by atoms with E-state index in [0.717, 1.165) is 25.3 Å². The minimum absolute atomic E-state index is 0.0363. The number of hydrogen-bond donors (Lipinski definition) is 1. The van der Waals surface area contributed by atoms with Gasteiger partial charge in [0, 0.05) is 19.2 Å². The SMILES string of the molecule is CC1CCCC(NC(=O)COC(=O)c2cc([N+](=O)[O-])cn2C)C1C. The molecule has 0 saturated heterocycles. The molecule has 1 heterocycles. The Morgan fingerprint density at radius 2 is 2.12 bits per heavy atom. The van der Waals surface area contributed by atoms with Gasteiger partial charge in [-0.15, -0.1) is 0 Å². The van der Waals surface area contributed by atoms with Crippen LogP contribution >= 0.6 is 0 Å². The first kappa shape index (κ1) is 18.0. The number of nitrogens with zero attached hydrogens (tertiary/aromatic N) is 2. The molecule has 8 nitrogen and oxygen atoms in total. The Bertz CT molecular complexity index is 640. The van der Waals surface area contributed by atoms with Crippen molar-refractivity contribution in [1.29, 1.82) is 0 Å². The number of carbonyl (C=O) groups is 2. The van der Waals surface area contributed by atoms with Gasteiger partial charge in [0.1, 0.15) is 5.69 Å². The van der Waals surface area contributed by atoms with Crippen LogP contribution in [0.4, 0.5) is 5.69 Å². The summed E-state index contributed by atoms with van der Waals surface area (Å²) in [7, 11) is 1.51. The van der Waals surface area contributed by atoms with E-state index >= 15 is 0 Å². The fraction of sp³-hybridized carbons (Fsp3) is 0.625. The molecule has 1 aromatic rings. The van der Waals surface area contributed by atoms with Gasteiger partial charge in [-0.3, -0.25) is 14.9 Å². The summed E-state index contributed by atoms with van der Waals surface area (Å²) < 4.78 is 6.28. The molecule has 0 radical (unpaired) electrons. The lowest BCUT2D eigenvalue weighted by Crippen LogP contribution is -2.45. The Hall–Kier alpha value is -2.38. The first-order valence-electron chi connectivity index (χ1n) is 8.06. The van der Waals surface area contributed by atoms with E-state index in [0.29, 0.717) is 11.8 Å². The number of rotatable bonds is 5. The molecule has 1 saturated carbocycles. The molecule has 3 unspecified atom stereocenters. The molecule has 1 fully saturated rings. The zero-order valence-electron chi connectivity index (χ0n) is 14.2. The van der Waals surface area contributed by atoms with Crippen molar-refractivity contribution in [1.82, 2.24) is 9.88 Å². The van der Waals surface area contributed by atoms with Gasteiger partial charge in [-0.05, 0) is 18.3 Å². The van der Waals surface area contributed by atoms with Crippen molar-refractivity contribution in [3.8, 4) is 0 Å². The highest BCUT2D eigenvalue weighted by molar-refractivity contribution is 5.90. The van der Waals surface area contributed by atoms with Crippen molar-refractivity contribution >= 4 is 17.6 Å². The zero-order chi connectivity index (χ0) is 17.9. The van der Waals surface area contributed by atoms with Gasteiger partial charge < -0.3 is 14.6 Å². The van der Waals surface area contributed by atoms with Crippen molar-refractivity contribution < 1.29 is 19.2 Å². The van der Waals surface area contributed by atoms with Gasteiger partial charge >= 0.3 is 5.97 Å². The van der Waals surface area contributed by atoms with Crippen LogP contribution in [0.3, 0.4) is 0 Å². The van der Waals surface area contributed by atoms with Crippen molar-refractivity contribution in [2.24, 2.45) is 18.9 Å². The molecule has 0 aromatic carbocycles. The maximum atomic E-state index is 12.0. The van der Waals surface area contributed by atoms with Gasteiger partial charge in [0.15, 0.2) is 6.61 Å². The monoisotopic (exact) mass is 337 g/mol. The van der Waals surface area contributed by atoms with Crippen LogP contribution in [0.2, 0.25) is 0 Å². The quantitative estimate of drug-likeness (QED) is 0.503. The number of nitrogens with one attached hydrogen (secondary N) is 1. The largest absolute Gasteiger partial charge is 0.451 e. The minimum Gasteiger partial charge on any atom is -0.451 e. The van der Waals surface area contributed by atoms with E-state index < -0.39 is 17.5 Å². The molecular weight excluding hydrogens is 314 g/mol. The van der Waals surface area contributed by atoms with Crippen molar-refractivity contribution in [3.05, 3.63) is 28.1 Å². The van der Waals surface area contributed by atoms with E-state index in [-0.39, 0.29) is 23.3 Å². The Labute approximate surface area is 140 Å². The molecule has 3 atom stereocenters. The average molecular weight is 337 g/mol. The van der Waals surface area contributed by atoms with Crippen LogP contribution in [0.5, 0.6) is 0 Å². The van der Waals surface area contributed by atoms with Crippen LogP contribution in [0.25, 0.3) is 0 Å². The fourth-order valence-electron chi connectivity index (χ4n) is 3.09. The summed E-state index contributed by atoms with van der Waals surface area (Å²) in [6, 6.07) is 1.22. The number of aryl methyl sites for hydroxylation is 1. The maximum absolute atomic E-state index is 12.0. The van der Waals surface area contributed by atoms with Gasteiger partial charge in [0.25, 0.3) is 11.6 Å². The lowest BCUT2D eigenvalue weighted by Gasteiger charge is -2.34. The molecule has 1 aliphatic carbocycles. The normalized spacial score (nSPS) is 23.5. The fourth-order valence-corrected chi connectivity index (χ4v) is 3.09. The van der Waals surface area contributed by atoms with Crippen LogP contribution in [0.15, 0.2) is 12.3 Å². The first-order chi connectivity index (χ1) is 11.3. The summed E-state index contributed by atoms with van der Waals surface area (Å²) in [5, 5.41) is 13.6. The molecule has 2 rings (SSSR count). The van der Waals surface area contributed by atoms with Crippen LogP contribution in [0.1, 0.15) is 43.6 Å². The molecule has 0 aliphatic heterocycles. The second kappa shape index (κ2) is 7.46. The molecule has 24 heavy (non-hydrogen) atoms. The van der Waals surface area contributed by atoms with Crippen LogP contribution in [-0.2, 0) is 16.6 Å². The van der Waals surface area contributed by atoms with Gasteiger partial charge in [-0.1, -0.05) is 26.7 Å². The predicted molar refractivity (Wildman–Crippen MR) is 86.5 cm³/mol. The van der Waals surface area contributed by atoms with Crippen molar-refractivity contribution in [3.63, 3.8) is 0 Å². The van der Waals surface area contributed by atoms with Crippen molar-refractivity contribution in [2.75, 3.05) is 6.61 Å². The molecular formula is C16H23N3O5. The van der Waals surface area contributed by atoms with E-state index in [4.69, 9.17) is 4.74 Å². The van der Waals surface area contributed by atoms with E-state index in [1.165, 1.54) is 17.8 Å². The third-order valence-electron chi connectivity index (χ3n) is 4.80. The lowest BCUT2D eigenvalue weighted by atomic mass is 9.78. The molecule has 1 N–H and O–H groups in total. The van der Waals surface area contributed by atoms with E-state index in [1.54, 1.807) is 0 Å². The second-order valence-electron chi connectivity index (χ2n) is 6.47. The summed E-state index contributed by atoms with van der Waals surface area (Å²) in [5.41, 5.74) is -0.159. The summed E-state index contributed by atoms with van der Waals surface area (Å²) in [6.07, 6.45) is 4.38. The molecule has 0 spiro atoms. The standard InChI is InChI=1S/C16H23N3O5/c1-10-5-4-6-13(11(10)2)17-15(20)9-24-16(21)14-7-12(19(22)23)8-18(14)3/h7-8,10-11,13H,4-6,9H2,1-3H3,(H,17,20). The third-order valence-corrected chi connectivity index (χ3v) is 4.80. The molecule has 132 valence electrons. The Balaban J connectivity index is 1.87. The number of ether oxygens (including phenoxy) is 1. The third kappa shape index (κ3) is 4.12. The molecule has 0 bridgehead atoms. The number of aromatic nitrogens is 1. The van der Waals surface area contributed by atoms with Gasteiger partial charge in [-0.2, -0.15) is 0 Å². The number of esters is 1. The summed E-state index contributed by atoms with van der Waals surface area (Å²) in [4.78, 5) is 34.1. The minimum atomic E-state index is -0.759. The lowest BCUT2D eigenvalue weighted by molar-refractivity contribution is -0.384. The van der Waals surface area contributed by atoms with E-state index in [1.807, 2.05) is 0 Å². The number of carbonyl (C=O) groups excluding carboxylic acids is 2. The smallest absolute Gasteiger partial charge is 0.355 e. The zero-order valence-corrected chi connectivity index (χ0v) is 14.2. The highest BCUT2D eigenvalue weighted by atomic mass is 16.6. The molecule has 1 amide bonds. The highest BCUT2D eigenvalue weighted by Crippen LogP contribution is 2.29. The summed E-state index contributed by atoms with van der Waals surface area (Å²) >= 11 is 0. The molecule has 8 heteroatoms. The van der Waals surface area contributed by atoms with Crippen molar-refractivity contribution in [2.45, 2.75) is 39.2 Å². The van der Waals surface area contributed by atoms with Crippen LogP contribution in [-0.4, -0.2) is 34.0 Å². The Morgan fingerprint density at radius 3 is 2.75 bits per heavy atom. The van der Waals surface area contributed by atoms with Gasteiger partial charge in [-0.25, -0.2) is 4.79 Å². The Kier molecular flexibility index (Phi) is 5.58. The summed E-state index contributed by atoms with van der Waals surface area (Å²) in [6.45, 7) is 3.89. The predicted octanol–water partition coefficient (Wildman–Crippen LogP) is 2.03. The van der Waals surface area contributed by atoms with E-state index in [2.05, 4.69) is 19.2 Å².